The van der Waals surface area contributed by atoms with Gasteiger partial charge in [0.15, 0.2) is 0 Å². The zero-order chi connectivity index (χ0) is 16.5. The molecule has 0 atom stereocenters. The second-order valence-electron chi connectivity index (χ2n) is 5.92. The Morgan fingerprint density at radius 2 is 1.32 bits per heavy atom. The standard InChI is InChI=1S/C19H27FN.Sn/c1-4-7-10-15-13-16(14-21)18(12-9-6-3)19(20)17(15)11-8-5-2;/h4-12H2,1-3H3;. The average Bonchev–Trinajstić information content (AvgIpc) is 2.52. The molecule has 3 radical (unpaired) electrons. The molecule has 0 fully saturated rings. The van der Waals surface area contributed by atoms with Crippen molar-refractivity contribution in [2.45, 2.75) is 78.6 Å². The van der Waals surface area contributed by atoms with Crippen molar-refractivity contribution in [3.05, 3.63) is 28.1 Å². The zero-order valence-electron chi connectivity index (χ0n) is 14.2. The van der Waals surface area contributed by atoms with Crippen molar-refractivity contribution in [2.75, 3.05) is 0 Å². The average molecular weight is 407 g/mol. The second kappa shape index (κ2) is 10.3. The number of nitriles is 1. The van der Waals surface area contributed by atoms with Crippen LogP contribution < -0.4 is 3.58 Å². The van der Waals surface area contributed by atoms with Crippen molar-refractivity contribution in [1.82, 2.24) is 0 Å². The summed E-state index contributed by atoms with van der Waals surface area (Å²) in [6.45, 7) is 6.41. The van der Waals surface area contributed by atoms with Crippen LogP contribution in [0.4, 0.5) is 4.39 Å². The van der Waals surface area contributed by atoms with E-state index >= 15 is 4.39 Å². The molecule has 1 aromatic rings. The monoisotopic (exact) mass is 408 g/mol. The van der Waals surface area contributed by atoms with Gasteiger partial charge in [0, 0.05) is 0 Å². The summed E-state index contributed by atoms with van der Waals surface area (Å²) in [6.07, 6.45) is 8.65. The van der Waals surface area contributed by atoms with Crippen LogP contribution in [0.3, 0.4) is 0 Å². The molecular weight excluding hydrogens is 380 g/mol. The molecule has 0 saturated heterocycles. The van der Waals surface area contributed by atoms with Gasteiger partial charge in [-0.3, -0.25) is 0 Å². The molecule has 1 aromatic carbocycles. The van der Waals surface area contributed by atoms with Crippen LogP contribution in [0.15, 0.2) is 0 Å². The van der Waals surface area contributed by atoms with Crippen molar-refractivity contribution in [2.24, 2.45) is 0 Å². The van der Waals surface area contributed by atoms with Crippen LogP contribution >= 0.6 is 0 Å². The number of nitrogens with zero attached hydrogens (tertiary/aromatic N) is 1. The molecule has 3 heteroatoms. The van der Waals surface area contributed by atoms with E-state index in [0.717, 1.165) is 66.1 Å². The predicted molar refractivity (Wildman–Crippen MR) is 92.3 cm³/mol. The van der Waals surface area contributed by atoms with Crippen LogP contribution in [0.25, 0.3) is 0 Å². The van der Waals surface area contributed by atoms with Gasteiger partial charge >= 0.3 is 148 Å². The summed E-state index contributed by atoms with van der Waals surface area (Å²) in [5.41, 5.74) is 3.37. The van der Waals surface area contributed by atoms with Crippen molar-refractivity contribution >= 4 is 26.1 Å². The summed E-state index contributed by atoms with van der Waals surface area (Å²) in [7, 11) is 0. The Kier molecular flexibility index (Phi) is 9.09. The first-order valence-electron chi connectivity index (χ1n) is 8.59. The molecule has 0 unspecified atom stereocenters. The Labute approximate surface area is 148 Å². The van der Waals surface area contributed by atoms with Gasteiger partial charge in [0.05, 0.1) is 0 Å². The molecule has 1 nitrogen and oxygen atoms in total. The van der Waals surface area contributed by atoms with Crippen LogP contribution in [0, 0.1) is 17.1 Å². The van der Waals surface area contributed by atoms with Gasteiger partial charge in [-0.25, -0.2) is 0 Å². The predicted octanol–water partition coefficient (Wildman–Crippen LogP) is 4.52. The molecule has 22 heavy (non-hydrogen) atoms. The van der Waals surface area contributed by atoms with Crippen molar-refractivity contribution < 1.29 is 4.39 Å². The molecule has 1 rings (SSSR count). The summed E-state index contributed by atoms with van der Waals surface area (Å²) in [4.78, 5) is 0. The van der Waals surface area contributed by atoms with Crippen LogP contribution in [0.5, 0.6) is 0 Å². The number of hydrogen-bond donors (Lipinski definition) is 0. The fourth-order valence-electron chi connectivity index (χ4n) is 2.83. The van der Waals surface area contributed by atoms with Crippen LogP contribution in [0.2, 0.25) is 0 Å². The van der Waals surface area contributed by atoms with Gasteiger partial charge < -0.3 is 0 Å². The number of halogens is 1. The van der Waals surface area contributed by atoms with E-state index in [1.54, 1.807) is 0 Å². The third-order valence-corrected chi connectivity index (χ3v) is 5.78. The molecule has 0 aliphatic carbocycles. The van der Waals surface area contributed by atoms with Crippen molar-refractivity contribution in [3.63, 3.8) is 0 Å². The van der Waals surface area contributed by atoms with Crippen molar-refractivity contribution in [1.29, 1.82) is 5.26 Å². The van der Waals surface area contributed by atoms with Crippen LogP contribution in [-0.4, -0.2) is 22.5 Å². The number of hydrogen-bond acceptors (Lipinski definition) is 1. The fourth-order valence-corrected chi connectivity index (χ4v) is 4.21. The van der Waals surface area contributed by atoms with Gasteiger partial charge in [-0.05, 0) is 0 Å². The van der Waals surface area contributed by atoms with E-state index in [-0.39, 0.29) is 5.82 Å². The van der Waals surface area contributed by atoms with Gasteiger partial charge in [-0.1, -0.05) is 0 Å². The number of unbranched alkanes of at least 4 members (excludes halogenated alkanes) is 3. The fraction of sp³-hybridized carbons (Fsp3) is 0.632. The topological polar surface area (TPSA) is 23.8 Å². The number of rotatable bonds is 9. The van der Waals surface area contributed by atoms with Gasteiger partial charge in [-0.15, -0.1) is 0 Å². The Morgan fingerprint density at radius 1 is 0.864 bits per heavy atom. The minimum absolute atomic E-state index is 0.0734. The molecule has 0 amide bonds. The summed E-state index contributed by atoms with van der Waals surface area (Å²) in [6, 6.07) is 2.30. The SMILES string of the molecule is CCCCc1c(F)c(CCCC)c(CCCC)[c]([Sn])c1C#N. The molecule has 0 spiro atoms. The Morgan fingerprint density at radius 3 is 1.77 bits per heavy atom. The zero-order valence-corrected chi connectivity index (χ0v) is 17.0. The first-order valence-corrected chi connectivity index (χ1v) is 10.0. The maximum atomic E-state index is 15.1. The minimum atomic E-state index is -0.0734. The van der Waals surface area contributed by atoms with E-state index in [4.69, 9.17) is 0 Å². The van der Waals surface area contributed by atoms with E-state index < -0.39 is 0 Å². The van der Waals surface area contributed by atoms with Gasteiger partial charge in [0.25, 0.3) is 0 Å². The van der Waals surface area contributed by atoms with E-state index in [1.807, 2.05) is 0 Å². The van der Waals surface area contributed by atoms with Crippen molar-refractivity contribution in [3.8, 4) is 6.07 Å². The van der Waals surface area contributed by atoms with Crippen LogP contribution in [-0.2, 0) is 19.3 Å². The van der Waals surface area contributed by atoms with Crippen LogP contribution in [0.1, 0.15) is 81.5 Å². The van der Waals surface area contributed by atoms with E-state index in [0.29, 0.717) is 17.5 Å². The number of benzene rings is 1. The summed E-state index contributed by atoms with van der Waals surface area (Å²) >= 11 is 1.24. The molecule has 0 N–H and O–H groups in total. The quantitative estimate of drug-likeness (QED) is 0.553. The Balaban J connectivity index is 3.41. The third-order valence-electron chi connectivity index (χ3n) is 4.20. The third kappa shape index (κ3) is 4.72. The summed E-state index contributed by atoms with van der Waals surface area (Å²) < 4.78 is 16.2. The van der Waals surface area contributed by atoms with E-state index in [2.05, 4.69) is 26.8 Å². The molecule has 0 aliphatic rings. The molecule has 0 saturated carbocycles. The molecule has 0 aliphatic heterocycles. The van der Waals surface area contributed by atoms with E-state index in [9.17, 15) is 5.26 Å². The molecule has 0 bridgehead atoms. The molecule has 0 heterocycles. The van der Waals surface area contributed by atoms with Gasteiger partial charge in [0.1, 0.15) is 0 Å². The summed E-state index contributed by atoms with van der Waals surface area (Å²) in [5.74, 6) is -0.0734. The first-order chi connectivity index (χ1) is 10.6. The normalized spacial score (nSPS) is 10.7. The Bertz CT molecular complexity index is 531. The maximum absolute atomic E-state index is 15.1. The van der Waals surface area contributed by atoms with Gasteiger partial charge in [0.2, 0.25) is 0 Å². The van der Waals surface area contributed by atoms with E-state index in [1.165, 1.54) is 22.5 Å². The van der Waals surface area contributed by atoms with Gasteiger partial charge in [-0.2, -0.15) is 0 Å². The Hall–Kier alpha value is -0.561. The first kappa shape index (κ1) is 19.5. The molecule has 119 valence electrons. The second-order valence-corrected chi connectivity index (χ2v) is 7.35. The molecule has 0 aromatic heterocycles. The molecular formula is C19H27FNSn. The summed E-state index contributed by atoms with van der Waals surface area (Å²) in [5, 5.41) is 9.54.